The minimum absolute atomic E-state index is 0.260. The highest BCUT2D eigenvalue weighted by atomic mass is 79.9. The lowest BCUT2D eigenvalue weighted by molar-refractivity contribution is 0.198. The van der Waals surface area contributed by atoms with Gasteiger partial charge in [0.05, 0.1) is 10.6 Å². The zero-order valence-electron chi connectivity index (χ0n) is 7.58. The van der Waals surface area contributed by atoms with Crippen LogP contribution in [0.4, 0.5) is 10.1 Å². The molecule has 1 aliphatic heterocycles. The van der Waals surface area contributed by atoms with Gasteiger partial charge in [-0.25, -0.2) is 4.39 Å². The van der Waals surface area contributed by atoms with Crippen molar-refractivity contribution in [3.63, 3.8) is 0 Å². The lowest BCUT2D eigenvalue weighted by Crippen LogP contribution is -2.21. The second kappa shape index (κ2) is 3.87. The molecule has 4 heteroatoms. The van der Waals surface area contributed by atoms with Gasteiger partial charge < -0.3 is 10.0 Å². The van der Waals surface area contributed by atoms with Crippen molar-refractivity contribution >= 4 is 21.6 Å². The number of benzene rings is 1. The molecule has 2 nitrogen and oxygen atoms in total. The van der Waals surface area contributed by atoms with Crippen LogP contribution < -0.4 is 4.90 Å². The van der Waals surface area contributed by atoms with E-state index in [1.54, 1.807) is 6.07 Å². The van der Waals surface area contributed by atoms with E-state index in [0.717, 1.165) is 18.7 Å². The first-order chi connectivity index (χ1) is 6.66. The molecule has 1 heterocycles. The smallest absolute Gasteiger partial charge is 0.139 e. The van der Waals surface area contributed by atoms with Crippen LogP contribution in [0.25, 0.3) is 0 Å². The number of hydrogen-bond acceptors (Lipinski definition) is 2. The zero-order chi connectivity index (χ0) is 10.1. The maximum absolute atomic E-state index is 13.2. The summed E-state index contributed by atoms with van der Waals surface area (Å²) in [4.78, 5) is 1.99. The summed E-state index contributed by atoms with van der Waals surface area (Å²) in [5.74, 6) is -0.260. The molecular weight excluding hydrogens is 249 g/mol. The van der Waals surface area contributed by atoms with Crippen LogP contribution in [0.15, 0.2) is 22.7 Å². The molecule has 0 aromatic heterocycles. The number of hydrogen-bond donors (Lipinski definition) is 1. The van der Waals surface area contributed by atoms with Crippen molar-refractivity contribution < 1.29 is 9.50 Å². The van der Waals surface area contributed by atoms with Gasteiger partial charge in [0.2, 0.25) is 0 Å². The molecule has 0 saturated carbocycles. The summed E-state index contributed by atoms with van der Waals surface area (Å²) in [5.41, 5.74) is 0.835. The van der Waals surface area contributed by atoms with Crippen LogP contribution in [0.2, 0.25) is 0 Å². The Bertz CT molecular complexity index is 345. The first-order valence-corrected chi connectivity index (χ1v) is 5.34. The second-order valence-corrected chi connectivity index (χ2v) is 4.34. The fourth-order valence-electron chi connectivity index (χ4n) is 1.66. The second-order valence-electron chi connectivity index (χ2n) is 3.49. The van der Waals surface area contributed by atoms with Crippen LogP contribution in [-0.4, -0.2) is 24.3 Å². The molecule has 1 atom stereocenters. The normalized spacial score (nSPS) is 21.6. The molecule has 1 aromatic carbocycles. The Kier molecular flexibility index (Phi) is 2.74. The Labute approximate surface area is 90.5 Å². The molecule has 1 fully saturated rings. The third-order valence-electron chi connectivity index (χ3n) is 2.43. The Balaban J connectivity index is 2.20. The first kappa shape index (κ1) is 9.93. The van der Waals surface area contributed by atoms with Crippen molar-refractivity contribution in [3.05, 3.63) is 28.5 Å². The van der Waals surface area contributed by atoms with Crippen LogP contribution in [0.1, 0.15) is 6.42 Å². The minimum Gasteiger partial charge on any atom is -0.391 e. The van der Waals surface area contributed by atoms with Gasteiger partial charge in [0.1, 0.15) is 5.82 Å². The van der Waals surface area contributed by atoms with Crippen molar-refractivity contribution in [2.75, 3.05) is 18.0 Å². The molecular formula is C10H11BrFNO. The maximum Gasteiger partial charge on any atom is 0.139 e. The number of β-amino-alcohol motifs (C(OH)–C–C–N with tert-alkyl or cyclic N) is 1. The van der Waals surface area contributed by atoms with Gasteiger partial charge in [-0.15, -0.1) is 0 Å². The average molecular weight is 260 g/mol. The predicted octanol–water partition coefficient (Wildman–Crippen LogP) is 2.16. The number of anilines is 1. The molecule has 14 heavy (non-hydrogen) atoms. The van der Waals surface area contributed by atoms with Crippen LogP contribution in [0, 0.1) is 5.82 Å². The third-order valence-corrected chi connectivity index (χ3v) is 3.07. The molecule has 1 N–H and O–H groups in total. The van der Waals surface area contributed by atoms with Gasteiger partial charge in [-0.05, 0) is 40.5 Å². The van der Waals surface area contributed by atoms with Crippen molar-refractivity contribution in [1.29, 1.82) is 0 Å². The van der Waals surface area contributed by atoms with Crippen molar-refractivity contribution in [2.24, 2.45) is 0 Å². The predicted molar refractivity (Wildman–Crippen MR) is 56.9 cm³/mol. The number of nitrogens with zero attached hydrogens (tertiary/aromatic N) is 1. The topological polar surface area (TPSA) is 23.5 Å². The van der Waals surface area contributed by atoms with Crippen molar-refractivity contribution in [2.45, 2.75) is 12.5 Å². The lowest BCUT2D eigenvalue weighted by atomic mass is 10.3. The Morgan fingerprint density at radius 1 is 1.50 bits per heavy atom. The molecule has 76 valence electrons. The highest BCUT2D eigenvalue weighted by molar-refractivity contribution is 9.10. The molecule has 0 unspecified atom stereocenters. The Morgan fingerprint density at radius 2 is 2.29 bits per heavy atom. The molecule has 2 rings (SSSR count). The van der Waals surface area contributed by atoms with Gasteiger partial charge >= 0.3 is 0 Å². The average Bonchev–Trinajstić information content (AvgIpc) is 2.57. The molecule has 0 aliphatic carbocycles. The number of aliphatic hydroxyl groups excluding tert-OH is 1. The van der Waals surface area contributed by atoms with Crippen LogP contribution in [0.3, 0.4) is 0 Å². The summed E-state index contributed by atoms with van der Waals surface area (Å²) >= 11 is 3.11. The van der Waals surface area contributed by atoms with Gasteiger partial charge in [-0.1, -0.05) is 0 Å². The van der Waals surface area contributed by atoms with Crippen LogP contribution in [-0.2, 0) is 0 Å². The van der Waals surface area contributed by atoms with Crippen molar-refractivity contribution in [3.8, 4) is 0 Å². The van der Waals surface area contributed by atoms with E-state index >= 15 is 0 Å². The fraction of sp³-hybridized carbons (Fsp3) is 0.400. The monoisotopic (exact) mass is 259 g/mol. The van der Waals surface area contributed by atoms with Gasteiger partial charge in [0.25, 0.3) is 0 Å². The minimum atomic E-state index is -0.276. The van der Waals surface area contributed by atoms with E-state index in [1.165, 1.54) is 6.07 Å². The summed E-state index contributed by atoms with van der Waals surface area (Å²) in [6, 6.07) is 5.03. The zero-order valence-corrected chi connectivity index (χ0v) is 9.17. The van der Waals surface area contributed by atoms with E-state index in [4.69, 9.17) is 0 Å². The SMILES string of the molecule is O[C@@H]1CCN(c2ccc(Br)c(F)c2)C1. The standard InChI is InChI=1S/C10H11BrFNO/c11-9-2-1-7(5-10(9)12)13-4-3-8(14)6-13/h1-2,5,8,14H,3-4,6H2/t8-/m1/s1. The Hall–Kier alpha value is -0.610. The maximum atomic E-state index is 13.2. The van der Waals surface area contributed by atoms with Crippen LogP contribution in [0.5, 0.6) is 0 Å². The molecule has 1 aromatic rings. The van der Waals surface area contributed by atoms with Gasteiger partial charge in [0.15, 0.2) is 0 Å². The quantitative estimate of drug-likeness (QED) is 0.836. The van der Waals surface area contributed by atoms with Gasteiger partial charge in [-0.3, -0.25) is 0 Å². The highest BCUT2D eigenvalue weighted by Gasteiger charge is 2.20. The largest absolute Gasteiger partial charge is 0.391 e. The van der Waals surface area contributed by atoms with Gasteiger partial charge in [0, 0.05) is 18.8 Å². The number of rotatable bonds is 1. The van der Waals surface area contributed by atoms with E-state index in [2.05, 4.69) is 15.9 Å². The molecule has 0 amide bonds. The molecule has 1 saturated heterocycles. The summed E-state index contributed by atoms with van der Waals surface area (Å²) < 4.78 is 13.7. The Morgan fingerprint density at radius 3 is 2.86 bits per heavy atom. The van der Waals surface area contributed by atoms with E-state index in [9.17, 15) is 9.50 Å². The van der Waals surface area contributed by atoms with Crippen molar-refractivity contribution in [1.82, 2.24) is 0 Å². The summed E-state index contributed by atoms with van der Waals surface area (Å²) in [7, 11) is 0. The van der Waals surface area contributed by atoms with Gasteiger partial charge in [-0.2, -0.15) is 0 Å². The summed E-state index contributed by atoms with van der Waals surface area (Å²) in [6.07, 6.45) is 0.485. The third kappa shape index (κ3) is 1.91. The fourth-order valence-corrected chi connectivity index (χ4v) is 1.90. The number of aliphatic hydroxyl groups is 1. The van der Waals surface area contributed by atoms with E-state index in [0.29, 0.717) is 11.0 Å². The highest BCUT2D eigenvalue weighted by Crippen LogP contribution is 2.25. The molecule has 0 bridgehead atoms. The molecule has 0 radical (unpaired) electrons. The molecule has 1 aliphatic rings. The number of halogens is 2. The van der Waals surface area contributed by atoms with E-state index in [-0.39, 0.29) is 11.9 Å². The summed E-state index contributed by atoms with van der Waals surface area (Å²) in [6.45, 7) is 1.39. The van der Waals surface area contributed by atoms with Crippen LogP contribution >= 0.6 is 15.9 Å². The molecule has 0 spiro atoms. The summed E-state index contributed by atoms with van der Waals surface area (Å²) in [5, 5.41) is 9.34. The van der Waals surface area contributed by atoms with E-state index < -0.39 is 0 Å². The van der Waals surface area contributed by atoms with E-state index in [1.807, 2.05) is 11.0 Å². The lowest BCUT2D eigenvalue weighted by Gasteiger charge is -2.17. The first-order valence-electron chi connectivity index (χ1n) is 4.55.